The molecule has 2 unspecified atom stereocenters. The van der Waals surface area contributed by atoms with Gasteiger partial charge in [-0.05, 0) is 57.4 Å². The Morgan fingerprint density at radius 3 is 2.59 bits per heavy atom. The normalized spacial score (nSPS) is 19.0. The van der Waals surface area contributed by atoms with E-state index in [9.17, 15) is 4.79 Å². The summed E-state index contributed by atoms with van der Waals surface area (Å²) in [4.78, 5) is 15.5. The Bertz CT molecular complexity index is 1020. The predicted octanol–water partition coefficient (Wildman–Crippen LogP) is 3.97. The fourth-order valence-corrected chi connectivity index (χ4v) is 4.27. The maximum absolute atomic E-state index is 13.6. The smallest absolute Gasteiger partial charge is 0.257 e. The van der Waals surface area contributed by atoms with Gasteiger partial charge in [0.05, 0.1) is 11.3 Å². The van der Waals surface area contributed by atoms with Gasteiger partial charge in [-0.1, -0.05) is 42.0 Å². The topological polar surface area (TPSA) is 64.2 Å². The van der Waals surface area contributed by atoms with Gasteiger partial charge in [0, 0.05) is 24.3 Å². The molecule has 0 bridgehead atoms. The number of benzene rings is 2. The van der Waals surface area contributed by atoms with E-state index < -0.39 is 0 Å². The van der Waals surface area contributed by atoms with Gasteiger partial charge < -0.3 is 10.6 Å². The second-order valence-corrected chi connectivity index (χ2v) is 8.13. The lowest BCUT2D eigenvalue weighted by Gasteiger charge is -2.21. The first-order valence-electron chi connectivity index (χ1n) is 10.2. The zero-order valence-electron chi connectivity index (χ0n) is 17.3. The summed E-state index contributed by atoms with van der Waals surface area (Å²) in [5.41, 5.74) is 11.5. The number of amides is 1. The van der Waals surface area contributed by atoms with Crippen LogP contribution in [0.25, 0.3) is 16.9 Å². The van der Waals surface area contributed by atoms with Crippen molar-refractivity contribution in [3.05, 3.63) is 71.4 Å². The van der Waals surface area contributed by atoms with Crippen LogP contribution in [0.5, 0.6) is 0 Å². The van der Waals surface area contributed by atoms with Crippen LogP contribution in [0.15, 0.2) is 54.7 Å². The number of aromatic nitrogens is 2. The first kappa shape index (κ1) is 19.4. The van der Waals surface area contributed by atoms with Gasteiger partial charge in [-0.3, -0.25) is 4.79 Å². The van der Waals surface area contributed by atoms with Crippen molar-refractivity contribution in [2.45, 2.75) is 33.2 Å². The first-order valence-corrected chi connectivity index (χ1v) is 10.2. The molecule has 1 aliphatic rings. The van der Waals surface area contributed by atoms with E-state index in [2.05, 4.69) is 39.0 Å². The molecular formula is C24H28N4O. The van der Waals surface area contributed by atoms with E-state index in [4.69, 9.17) is 10.8 Å². The number of nitrogens with zero attached hydrogens (tertiary/aromatic N) is 3. The van der Waals surface area contributed by atoms with Crippen LogP contribution in [0.4, 0.5) is 0 Å². The van der Waals surface area contributed by atoms with Gasteiger partial charge in [0.2, 0.25) is 0 Å². The van der Waals surface area contributed by atoms with Crippen molar-refractivity contribution in [2.24, 2.45) is 11.7 Å². The summed E-state index contributed by atoms with van der Waals surface area (Å²) in [6.07, 6.45) is 2.82. The Hall–Kier alpha value is -2.92. The van der Waals surface area contributed by atoms with Gasteiger partial charge in [-0.2, -0.15) is 5.10 Å². The molecule has 1 fully saturated rings. The molecule has 2 atom stereocenters. The maximum atomic E-state index is 13.6. The quantitative estimate of drug-likeness (QED) is 0.736. The minimum Gasteiger partial charge on any atom is -0.335 e. The fraction of sp³-hybridized carbons (Fsp3) is 0.333. The number of hydrogen-bond acceptors (Lipinski definition) is 3. The highest BCUT2D eigenvalue weighted by molar-refractivity contribution is 6.00. The number of para-hydroxylation sites is 1. The van der Waals surface area contributed by atoms with Crippen molar-refractivity contribution in [2.75, 3.05) is 13.1 Å². The summed E-state index contributed by atoms with van der Waals surface area (Å²) < 4.78 is 1.81. The van der Waals surface area contributed by atoms with Crippen LogP contribution >= 0.6 is 0 Å². The third-order valence-corrected chi connectivity index (χ3v) is 5.86. The van der Waals surface area contributed by atoms with E-state index in [1.807, 2.05) is 46.1 Å². The standard InChI is InChI=1S/C24H28N4O/c1-16-9-10-21(17(2)11-16)23-22(15-28(26-23)20-7-5-4-6-8-20)24(29)27-14-19(13-25)12-18(27)3/h4-11,15,18-19H,12-14,25H2,1-3H3. The van der Waals surface area contributed by atoms with Crippen molar-refractivity contribution in [1.29, 1.82) is 0 Å². The van der Waals surface area contributed by atoms with Gasteiger partial charge in [0.15, 0.2) is 0 Å². The highest BCUT2D eigenvalue weighted by Crippen LogP contribution is 2.31. The van der Waals surface area contributed by atoms with Crippen LogP contribution in [0.1, 0.15) is 34.8 Å². The fourth-order valence-electron chi connectivity index (χ4n) is 4.27. The molecule has 5 nitrogen and oxygen atoms in total. The lowest BCUT2D eigenvalue weighted by Crippen LogP contribution is -2.34. The molecular weight excluding hydrogens is 360 g/mol. The van der Waals surface area contributed by atoms with Gasteiger partial charge in [-0.25, -0.2) is 4.68 Å². The SMILES string of the molecule is Cc1ccc(-c2nn(-c3ccccc3)cc2C(=O)N2CC(CN)CC2C)c(C)c1. The summed E-state index contributed by atoms with van der Waals surface area (Å²) >= 11 is 0. The number of nitrogens with two attached hydrogens (primary N) is 1. The number of likely N-dealkylation sites (tertiary alicyclic amines) is 1. The highest BCUT2D eigenvalue weighted by atomic mass is 16.2. The van der Waals surface area contributed by atoms with E-state index in [0.29, 0.717) is 24.6 Å². The zero-order valence-corrected chi connectivity index (χ0v) is 17.3. The molecule has 4 rings (SSSR count). The van der Waals surface area contributed by atoms with Gasteiger partial charge >= 0.3 is 0 Å². The number of rotatable bonds is 4. The van der Waals surface area contributed by atoms with Crippen molar-refractivity contribution < 1.29 is 4.79 Å². The average Bonchev–Trinajstić information content (AvgIpc) is 3.32. The first-order chi connectivity index (χ1) is 14.0. The Kier molecular flexibility index (Phi) is 5.24. The lowest BCUT2D eigenvalue weighted by atomic mass is 10.00. The van der Waals surface area contributed by atoms with Crippen LogP contribution in [-0.4, -0.2) is 39.7 Å². The van der Waals surface area contributed by atoms with Crippen LogP contribution in [0.2, 0.25) is 0 Å². The number of carbonyl (C=O) groups excluding carboxylic acids is 1. The molecule has 0 spiro atoms. The summed E-state index contributed by atoms with van der Waals surface area (Å²) in [6, 6.07) is 16.4. The Balaban J connectivity index is 1.81. The minimum absolute atomic E-state index is 0.0330. The van der Waals surface area contributed by atoms with Crippen molar-refractivity contribution in [1.82, 2.24) is 14.7 Å². The number of aryl methyl sites for hydroxylation is 2. The molecule has 5 heteroatoms. The van der Waals surface area contributed by atoms with E-state index in [-0.39, 0.29) is 11.9 Å². The molecule has 1 amide bonds. The summed E-state index contributed by atoms with van der Waals surface area (Å²) in [6.45, 7) is 7.57. The molecule has 0 saturated carbocycles. The molecule has 3 aromatic rings. The molecule has 1 aromatic heterocycles. The minimum atomic E-state index is 0.0330. The lowest BCUT2D eigenvalue weighted by molar-refractivity contribution is 0.0744. The maximum Gasteiger partial charge on any atom is 0.257 e. The molecule has 150 valence electrons. The summed E-state index contributed by atoms with van der Waals surface area (Å²) in [5.74, 6) is 0.397. The number of carbonyl (C=O) groups is 1. The molecule has 1 saturated heterocycles. The molecule has 2 N–H and O–H groups in total. The predicted molar refractivity (Wildman–Crippen MR) is 116 cm³/mol. The molecule has 0 aliphatic carbocycles. The van der Waals surface area contributed by atoms with E-state index in [0.717, 1.165) is 28.9 Å². The van der Waals surface area contributed by atoms with Gasteiger partial charge in [0.25, 0.3) is 5.91 Å². The Labute approximate surface area is 172 Å². The molecule has 2 heterocycles. The van der Waals surface area contributed by atoms with E-state index >= 15 is 0 Å². The van der Waals surface area contributed by atoms with Gasteiger partial charge in [0.1, 0.15) is 5.69 Å². The second kappa shape index (κ2) is 7.84. The monoisotopic (exact) mass is 388 g/mol. The molecule has 2 aromatic carbocycles. The number of hydrogen-bond donors (Lipinski definition) is 1. The third-order valence-electron chi connectivity index (χ3n) is 5.86. The third kappa shape index (κ3) is 3.70. The van der Waals surface area contributed by atoms with Crippen LogP contribution in [0, 0.1) is 19.8 Å². The Morgan fingerprint density at radius 1 is 1.17 bits per heavy atom. The summed E-state index contributed by atoms with van der Waals surface area (Å²) in [7, 11) is 0. The van der Waals surface area contributed by atoms with Gasteiger partial charge in [-0.15, -0.1) is 0 Å². The Morgan fingerprint density at radius 2 is 1.93 bits per heavy atom. The molecule has 0 radical (unpaired) electrons. The average molecular weight is 389 g/mol. The van der Waals surface area contributed by atoms with Crippen LogP contribution in [-0.2, 0) is 0 Å². The van der Waals surface area contributed by atoms with Crippen molar-refractivity contribution in [3.63, 3.8) is 0 Å². The second-order valence-electron chi connectivity index (χ2n) is 8.13. The van der Waals surface area contributed by atoms with Crippen molar-refractivity contribution >= 4 is 5.91 Å². The van der Waals surface area contributed by atoms with E-state index in [1.54, 1.807) is 0 Å². The molecule has 29 heavy (non-hydrogen) atoms. The summed E-state index contributed by atoms with van der Waals surface area (Å²) in [5, 5.41) is 4.84. The van der Waals surface area contributed by atoms with Crippen LogP contribution in [0.3, 0.4) is 0 Å². The van der Waals surface area contributed by atoms with Crippen LogP contribution < -0.4 is 5.73 Å². The van der Waals surface area contributed by atoms with E-state index in [1.165, 1.54) is 5.56 Å². The largest absolute Gasteiger partial charge is 0.335 e. The molecule has 1 aliphatic heterocycles. The zero-order chi connectivity index (χ0) is 20.5. The highest BCUT2D eigenvalue weighted by Gasteiger charge is 2.34. The van der Waals surface area contributed by atoms with Crippen molar-refractivity contribution in [3.8, 4) is 16.9 Å².